The largest absolute Gasteiger partial charge is 0.326 e. The summed E-state index contributed by atoms with van der Waals surface area (Å²) in [5.41, 5.74) is 0. The molecule has 2 unspecified atom stereocenters. The highest BCUT2D eigenvalue weighted by molar-refractivity contribution is 8.01. The monoisotopic (exact) mass is 351 g/mol. The average molecular weight is 351 g/mol. The van der Waals surface area contributed by atoms with Gasteiger partial charge in [0.1, 0.15) is 0 Å². The van der Waals surface area contributed by atoms with Gasteiger partial charge < -0.3 is 0 Å². The van der Waals surface area contributed by atoms with Crippen LogP contribution in [0.1, 0.15) is 13.3 Å². The van der Waals surface area contributed by atoms with Gasteiger partial charge >= 0.3 is 5.37 Å². The van der Waals surface area contributed by atoms with Gasteiger partial charge in [-0.1, -0.05) is 43.3 Å². The van der Waals surface area contributed by atoms with Gasteiger partial charge in [-0.25, -0.2) is 8.42 Å². The molecule has 2 atom stereocenters. The lowest BCUT2D eigenvalue weighted by atomic mass is 10.3. The van der Waals surface area contributed by atoms with E-state index in [4.69, 9.17) is 0 Å². The molecule has 0 fully saturated rings. The quantitative estimate of drug-likeness (QED) is 0.432. The van der Waals surface area contributed by atoms with E-state index in [0.29, 0.717) is 6.42 Å². The van der Waals surface area contributed by atoms with Crippen LogP contribution in [0.2, 0.25) is 0 Å². The van der Waals surface area contributed by atoms with E-state index in [1.54, 1.807) is 25.1 Å². The summed E-state index contributed by atoms with van der Waals surface area (Å²) < 4.78 is 25.4. The number of rotatable bonds is 7. The van der Waals surface area contributed by atoms with Gasteiger partial charge in [-0.3, -0.25) is 10.1 Å². The van der Waals surface area contributed by atoms with Crippen LogP contribution < -0.4 is 0 Å². The standard InChI is InChI=1S/C16H17NO4S2/c1-2-15(22-13-9-5-3-6-10-13)16(17(18)19)23(20,21)14-11-7-4-8-12-14/h3-12,15-16H,2H2,1H3. The number of hydrogen-bond donors (Lipinski definition) is 0. The van der Waals surface area contributed by atoms with Crippen molar-refractivity contribution in [3.8, 4) is 0 Å². The van der Waals surface area contributed by atoms with Crippen LogP contribution in [0.15, 0.2) is 70.5 Å². The second-order valence-corrected chi connectivity index (χ2v) is 8.27. The predicted octanol–water partition coefficient (Wildman–Crippen LogP) is 3.63. The molecule has 0 N–H and O–H groups in total. The Morgan fingerprint density at radius 2 is 1.57 bits per heavy atom. The molecule has 0 bridgehead atoms. The minimum absolute atomic E-state index is 0.0196. The topological polar surface area (TPSA) is 77.3 Å². The Balaban J connectivity index is 2.38. The Hall–Kier alpha value is -1.86. The first-order valence-corrected chi connectivity index (χ1v) is 9.53. The maximum absolute atomic E-state index is 12.7. The zero-order valence-corrected chi connectivity index (χ0v) is 14.2. The molecule has 122 valence electrons. The molecular weight excluding hydrogens is 334 g/mol. The molecule has 0 aliphatic rings. The van der Waals surface area contributed by atoms with Gasteiger partial charge in [-0.05, 0) is 30.7 Å². The van der Waals surface area contributed by atoms with Crippen molar-refractivity contribution in [2.45, 2.75) is 33.8 Å². The van der Waals surface area contributed by atoms with Crippen LogP contribution in [-0.4, -0.2) is 24.0 Å². The Labute approximate surface area is 139 Å². The van der Waals surface area contributed by atoms with Crippen molar-refractivity contribution >= 4 is 21.6 Å². The molecular formula is C16H17NO4S2. The number of thioether (sulfide) groups is 1. The Morgan fingerprint density at radius 3 is 2.04 bits per heavy atom. The summed E-state index contributed by atoms with van der Waals surface area (Å²) in [7, 11) is -4.05. The zero-order chi connectivity index (χ0) is 16.9. The molecule has 0 spiro atoms. The lowest BCUT2D eigenvalue weighted by Gasteiger charge is -2.19. The van der Waals surface area contributed by atoms with E-state index in [-0.39, 0.29) is 4.90 Å². The fraction of sp³-hybridized carbons (Fsp3) is 0.250. The van der Waals surface area contributed by atoms with Crippen LogP contribution in [0.4, 0.5) is 0 Å². The van der Waals surface area contributed by atoms with E-state index >= 15 is 0 Å². The van der Waals surface area contributed by atoms with Crippen LogP contribution in [0.25, 0.3) is 0 Å². The smallest absolute Gasteiger partial charge is 0.263 e. The number of nitro groups is 1. The highest BCUT2D eigenvalue weighted by Crippen LogP contribution is 2.32. The molecule has 0 aliphatic carbocycles. The maximum atomic E-state index is 12.7. The van der Waals surface area contributed by atoms with Gasteiger partial charge in [0, 0.05) is 9.82 Å². The molecule has 0 saturated heterocycles. The summed E-state index contributed by atoms with van der Waals surface area (Å²) in [6, 6.07) is 16.7. The Morgan fingerprint density at radius 1 is 1.04 bits per heavy atom. The van der Waals surface area contributed by atoms with Crippen molar-refractivity contribution in [1.29, 1.82) is 0 Å². The number of nitrogens with zero attached hydrogens (tertiary/aromatic N) is 1. The first-order valence-electron chi connectivity index (χ1n) is 7.11. The van der Waals surface area contributed by atoms with E-state index in [1.165, 1.54) is 23.9 Å². The molecule has 0 saturated carbocycles. The van der Waals surface area contributed by atoms with Crippen molar-refractivity contribution in [3.63, 3.8) is 0 Å². The molecule has 0 heterocycles. The third-order valence-electron chi connectivity index (χ3n) is 3.35. The molecule has 0 aliphatic heterocycles. The number of hydrogen-bond acceptors (Lipinski definition) is 5. The van der Waals surface area contributed by atoms with Gasteiger partial charge in [0.2, 0.25) is 9.84 Å². The van der Waals surface area contributed by atoms with Gasteiger partial charge in [-0.2, -0.15) is 0 Å². The lowest BCUT2D eigenvalue weighted by molar-refractivity contribution is -0.496. The zero-order valence-electron chi connectivity index (χ0n) is 12.5. The van der Waals surface area contributed by atoms with Crippen LogP contribution in [0.3, 0.4) is 0 Å². The molecule has 0 aromatic heterocycles. The van der Waals surface area contributed by atoms with E-state index in [2.05, 4.69) is 0 Å². The SMILES string of the molecule is CCC(Sc1ccccc1)C([N+](=O)[O-])S(=O)(=O)c1ccccc1. The Bertz CT molecular complexity index is 748. The molecule has 2 aromatic rings. The lowest BCUT2D eigenvalue weighted by Crippen LogP contribution is -2.38. The first kappa shape index (κ1) is 17.5. The normalized spacial score (nSPS) is 14.1. The van der Waals surface area contributed by atoms with Crippen molar-refractivity contribution in [3.05, 3.63) is 70.8 Å². The highest BCUT2D eigenvalue weighted by Gasteiger charge is 2.44. The van der Waals surface area contributed by atoms with E-state index < -0.39 is 25.4 Å². The molecule has 7 heteroatoms. The van der Waals surface area contributed by atoms with Crippen LogP contribution in [0, 0.1) is 10.1 Å². The summed E-state index contributed by atoms with van der Waals surface area (Å²) in [5.74, 6) is 0. The summed E-state index contributed by atoms with van der Waals surface area (Å²) in [6.07, 6.45) is 0.372. The minimum atomic E-state index is -4.05. The molecule has 23 heavy (non-hydrogen) atoms. The van der Waals surface area contributed by atoms with Crippen molar-refractivity contribution in [2.24, 2.45) is 0 Å². The number of benzene rings is 2. The third kappa shape index (κ3) is 4.11. The van der Waals surface area contributed by atoms with E-state index in [9.17, 15) is 18.5 Å². The highest BCUT2D eigenvalue weighted by atomic mass is 32.2. The van der Waals surface area contributed by atoms with E-state index in [0.717, 1.165) is 4.90 Å². The maximum Gasteiger partial charge on any atom is 0.326 e. The van der Waals surface area contributed by atoms with Crippen molar-refractivity contribution < 1.29 is 13.3 Å². The van der Waals surface area contributed by atoms with Crippen molar-refractivity contribution in [1.82, 2.24) is 0 Å². The minimum Gasteiger partial charge on any atom is -0.263 e. The van der Waals surface area contributed by atoms with Crippen LogP contribution in [0.5, 0.6) is 0 Å². The molecule has 0 amide bonds. The summed E-state index contributed by atoms with van der Waals surface area (Å²) in [6.45, 7) is 1.76. The summed E-state index contributed by atoms with van der Waals surface area (Å²) >= 11 is 1.23. The molecule has 2 aromatic carbocycles. The Kier molecular flexibility index (Phi) is 5.79. The molecule has 0 radical (unpaired) electrons. The van der Waals surface area contributed by atoms with Gasteiger partial charge in [-0.15, -0.1) is 11.8 Å². The fourth-order valence-electron chi connectivity index (χ4n) is 2.22. The summed E-state index contributed by atoms with van der Waals surface area (Å²) in [4.78, 5) is 11.6. The van der Waals surface area contributed by atoms with Gasteiger partial charge in [0.05, 0.1) is 10.1 Å². The van der Waals surface area contributed by atoms with Gasteiger partial charge in [0.15, 0.2) is 0 Å². The van der Waals surface area contributed by atoms with Gasteiger partial charge in [0.25, 0.3) is 0 Å². The van der Waals surface area contributed by atoms with E-state index in [1.807, 2.05) is 30.3 Å². The second-order valence-electron chi connectivity index (χ2n) is 4.91. The average Bonchev–Trinajstić information content (AvgIpc) is 2.55. The first-order chi connectivity index (χ1) is 11.0. The third-order valence-corrected chi connectivity index (χ3v) is 7.02. The molecule has 2 rings (SSSR count). The number of sulfone groups is 1. The molecule has 5 nitrogen and oxygen atoms in total. The second kappa shape index (κ2) is 7.61. The predicted molar refractivity (Wildman–Crippen MR) is 90.8 cm³/mol. The summed E-state index contributed by atoms with van der Waals surface area (Å²) in [5, 5.41) is 9.17. The van der Waals surface area contributed by atoms with Crippen molar-refractivity contribution in [2.75, 3.05) is 0 Å². The van der Waals surface area contributed by atoms with Crippen LogP contribution >= 0.6 is 11.8 Å². The van der Waals surface area contributed by atoms with Crippen LogP contribution in [-0.2, 0) is 9.84 Å². The fourth-order valence-corrected chi connectivity index (χ4v) is 5.50.